The van der Waals surface area contributed by atoms with Gasteiger partial charge in [-0.3, -0.25) is 14.5 Å². The van der Waals surface area contributed by atoms with Crippen LogP contribution in [0.5, 0.6) is 0 Å². The van der Waals surface area contributed by atoms with Crippen LogP contribution >= 0.6 is 11.3 Å². The van der Waals surface area contributed by atoms with Gasteiger partial charge in [-0.1, -0.05) is 24.3 Å². The second-order valence-electron chi connectivity index (χ2n) is 6.45. The molecule has 1 aliphatic rings. The summed E-state index contributed by atoms with van der Waals surface area (Å²) < 4.78 is 0. The first kappa shape index (κ1) is 17.4. The summed E-state index contributed by atoms with van der Waals surface area (Å²) in [6.07, 6.45) is 1.41. The fourth-order valence-electron chi connectivity index (χ4n) is 3.19. The Hall–Kier alpha value is -2.99. The highest BCUT2D eigenvalue weighted by Crippen LogP contribution is 2.31. The zero-order valence-electron chi connectivity index (χ0n) is 15.0. The van der Waals surface area contributed by atoms with Gasteiger partial charge in [-0.2, -0.15) is 0 Å². The molecule has 4 rings (SSSR count). The number of hydrogen-bond acceptors (Lipinski definition) is 4. The van der Waals surface area contributed by atoms with Crippen molar-refractivity contribution in [3.05, 3.63) is 71.2 Å². The molecule has 5 nitrogen and oxygen atoms in total. The monoisotopic (exact) mass is 377 g/mol. The standard InChI is InChI=1S/C21H19N3O2S/c1-15-14-27-21(22-15)24(17-8-3-2-4-9-17)20(26)16-7-5-10-18(13-16)23-12-6-11-19(23)25/h2-5,7-10,13-14H,6,11-12H2,1H3. The quantitative estimate of drug-likeness (QED) is 0.670. The van der Waals surface area contributed by atoms with Crippen LogP contribution in [-0.2, 0) is 4.79 Å². The van der Waals surface area contributed by atoms with Gasteiger partial charge < -0.3 is 4.90 Å². The van der Waals surface area contributed by atoms with E-state index in [1.54, 1.807) is 21.9 Å². The molecule has 2 heterocycles. The molecule has 0 spiro atoms. The Balaban J connectivity index is 1.73. The Bertz CT molecular complexity index is 984. The van der Waals surface area contributed by atoms with Gasteiger partial charge in [0.05, 0.1) is 11.4 Å². The van der Waals surface area contributed by atoms with Crippen molar-refractivity contribution >= 4 is 39.7 Å². The summed E-state index contributed by atoms with van der Waals surface area (Å²) in [6, 6.07) is 16.8. The van der Waals surface area contributed by atoms with E-state index >= 15 is 0 Å². The Labute approximate surface area is 161 Å². The van der Waals surface area contributed by atoms with Crippen LogP contribution in [0, 0.1) is 6.92 Å². The van der Waals surface area contributed by atoms with Gasteiger partial charge in [0, 0.05) is 29.6 Å². The van der Waals surface area contributed by atoms with Crippen molar-refractivity contribution in [2.45, 2.75) is 19.8 Å². The van der Waals surface area contributed by atoms with E-state index in [1.165, 1.54) is 11.3 Å². The minimum absolute atomic E-state index is 0.107. The van der Waals surface area contributed by atoms with E-state index in [1.807, 2.05) is 54.8 Å². The van der Waals surface area contributed by atoms with Crippen LogP contribution in [0.1, 0.15) is 28.9 Å². The molecule has 0 radical (unpaired) electrons. The van der Waals surface area contributed by atoms with Crippen molar-refractivity contribution in [3.63, 3.8) is 0 Å². The summed E-state index contributed by atoms with van der Waals surface area (Å²) in [5.41, 5.74) is 2.94. The molecule has 1 aromatic heterocycles. The number of amides is 2. The molecule has 136 valence electrons. The molecule has 0 unspecified atom stereocenters. The number of thiazole rings is 1. The van der Waals surface area contributed by atoms with Gasteiger partial charge in [0.25, 0.3) is 5.91 Å². The van der Waals surface area contributed by atoms with Crippen molar-refractivity contribution < 1.29 is 9.59 Å². The lowest BCUT2D eigenvalue weighted by Crippen LogP contribution is -2.27. The second-order valence-corrected chi connectivity index (χ2v) is 7.28. The van der Waals surface area contributed by atoms with E-state index < -0.39 is 0 Å². The number of rotatable bonds is 4. The normalized spacial score (nSPS) is 13.8. The largest absolute Gasteiger partial charge is 0.312 e. The highest BCUT2D eigenvalue weighted by atomic mass is 32.1. The number of anilines is 3. The Morgan fingerprint density at radius 2 is 1.96 bits per heavy atom. The molecule has 1 fully saturated rings. The lowest BCUT2D eigenvalue weighted by Gasteiger charge is -2.21. The number of hydrogen-bond donors (Lipinski definition) is 0. The summed E-state index contributed by atoms with van der Waals surface area (Å²) >= 11 is 1.43. The predicted molar refractivity (Wildman–Crippen MR) is 108 cm³/mol. The first-order valence-electron chi connectivity index (χ1n) is 8.85. The fraction of sp³-hybridized carbons (Fsp3) is 0.190. The Morgan fingerprint density at radius 1 is 1.15 bits per heavy atom. The van der Waals surface area contributed by atoms with Gasteiger partial charge in [-0.05, 0) is 43.7 Å². The van der Waals surface area contributed by atoms with Crippen LogP contribution in [0.15, 0.2) is 60.0 Å². The number of nitrogens with zero attached hydrogens (tertiary/aromatic N) is 3. The molecular weight excluding hydrogens is 358 g/mol. The van der Waals surface area contributed by atoms with E-state index in [2.05, 4.69) is 4.98 Å². The van der Waals surface area contributed by atoms with Crippen molar-refractivity contribution in [2.75, 3.05) is 16.3 Å². The molecule has 2 aromatic carbocycles. The highest BCUT2D eigenvalue weighted by molar-refractivity contribution is 7.14. The third-order valence-electron chi connectivity index (χ3n) is 4.49. The van der Waals surface area contributed by atoms with Gasteiger partial charge in [-0.15, -0.1) is 11.3 Å². The van der Waals surface area contributed by atoms with Crippen molar-refractivity contribution in [1.29, 1.82) is 0 Å². The topological polar surface area (TPSA) is 53.5 Å². The van der Waals surface area contributed by atoms with E-state index in [0.717, 1.165) is 23.5 Å². The Morgan fingerprint density at radius 3 is 2.63 bits per heavy atom. The summed E-state index contributed by atoms with van der Waals surface area (Å²) in [5, 5.41) is 2.56. The predicted octanol–water partition coefficient (Wildman–Crippen LogP) is 4.56. The van der Waals surface area contributed by atoms with Gasteiger partial charge in [0.15, 0.2) is 5.13 Å². The lowest BCUT2D eigenvalue weighted by atomic mass is 10.1. The third-order valence-corrected chi connectivity index (χ3v) is 5.44. The SMILES string of the molecule is Cc1csc(N(C(=O)c2cccc(N3CCCC3=O)c2)c2ccccc2)n1. The minimum Gasteiger partial charge on any atom is -0.312 e. The molecule has 0 saturated carbocycles. The maximum absolute atomic E-state index is 13.4. The summed E-state index contributed by atoms with van der Waals surface area (Å²) in [6.45, 7) is 2.61. The van der Waals surface area contributed by atoms with Crippen LogP contribution < -0.4 is 9.80 Å². The molecule has 6 heteroatoms. The summed E-state index contributed by atoms with van der Waals surface area (Å²) in [7, 11) is 0. The van der Waals surface area contributed by atoms with Crippen LogP contribution in [-0.4, -0.2) is 23.3 Å². The Kier molecular flexibility index (Phi) is 4.73. The molecule has 0 bridgehead atoms. The maximum atomic E-state index is 13.4. The first-order chi connectivity index (χ1) is 13.1. The average molecular weight is 377 g/mol. The van der Waals surface area contributed by atoms with Crippen LogP contribution in [0.3, 0.4) is 0 Å². The van der Waals surface area contributed by atoms with Crippen LogP contribution in [0.25, 0.3) is 0 Å². The molecule has 1 saturated heterocycles. The maximum Gasteiger partial charge on any atom is 0.264 e. The molecule has 1 aliphatic heterocycles. The highest BCUT2D eigenvalue weighted by Gasteiger charge is 2.25. The summed E-state index contributed by atoms with van der Waals surface area (Å²) in [5.74, 6) is -0.0564. The number of aromatic nitrogens is 1. The van der Waals surface area contributed by atoms with Crippen molar-refractivity contribution in [2.24, 2.45) is 0 Å². The van der Waals surface area contributed by atoms with Gasteiger partial charge in [0.2, 0.25) is 5.91 Å². The van der Waals surface area contributed by atoms with Crippen molar-refractivity contribution in [3.8, 4) is 0 Å². The minimum atomic E-state index is -0.163. The number of para-hydroxylation sites is 1. The van der Waals surface area contributed by atoms with E-state index in [4.69, 9.17) is 0 Å². The molecule has 2 amide bonds. The zero-order valence-corrected chi connectivity index (χ0v) is 15.8. The second kappa shape index (κ2) is 7.32. The third kappa shape index (κ3) is 3.48. The van der Waals surface area contributed by atoms with E-state index in [-0.39, 0.29) is 11.8 Å². The fourth-order valence-corrected chi connectivity index (χ4v) is 4.01. The van der Waals surface area contributed by atoms with Crippen LogP contribution in [0.4, 0.5) is 16.5 Å². The molecular formula is C21H19N3O2S. The van der Waals surface area contributed by atoms with Gasteiger partial charge in [-0.25, -0.2) is 4.98 Å². The number of aryl methyl sites for hydroxylation is 1. The first-order valence-corrected chi connectivity index (χ1v) is 9.73. The smallest absolute Gasteiger partial charge is 0.264 e. The zero-order chi connectivity index (χ0) is 18.8. The number of carbonyl (C=O) groups is 2. The van der Waals surface area contributed by atoms with Gasteiger partial charge >= 0.3 is 0 Å². The van der Waals surface area contributed by atoms with E-state index in [9.17, 15) is 9.59 Å². The molecule has 27 heavy (non-hydrogen) atoms. The van der Waals surface area contributed by atoms with Crippen LogP contribution in [0.2, 0.25) is 0 Å². The van der Waals surface area contributed by atoms with Crippen molar-refractivity contribution in [1.82, 2.24) is 4.98 Å². The number of benzene rings is 2. The van der Waals surface area contributed by atoms with E-state index in [0.29, 0.717) is 23.7 Å². The number of carbonyl (C=O) groups excluding carboxylic acids is 2. The average Bonchev–Trinajstić information content (AvgIpc) is 3.31. The van der Waals surface area contributed by atoms with Gasteiger partial charge in [0.1, 0.15) is 0 Å². The summed E-state index contributed by atoms with van der Waals surface area (Å²) in [4.78, 5) is 33.3. The molecule has 0 aliphatic carbocycles. The molecule has 3 aromatic rings. The lowest BCUT2D eigenvalue weighted by molar-refractivity contribution is -0.117. The molecule has 0 atom stereocenters. The molecule has 0 N–H and O–H groups in total.